The molecule has 0 unspecified atom stereocenters. The van der Waals surface area contributed by atoms with Gasteiger partial charge in [0.2, 0.25) is 0 Å². The number of ether oxygens (including phenoxy) is 2. The number of methoxy groups -OCH3 is 2. The maximum atomic E-state index is 12.1. The van der Waals surface area contributed by atoms with Crippen LogP contribution in [0.25, 0.3) is 22.3 Å². The van der Waals surface area contributed by atoms with E-state index in [4.69, 9.17) is 9.47 Å². The van der Waals surface area contributed by atoms with Crippen molar-refractivity contribution in [2.75, 3.05) is 19.5 Å². The van der Waals surface area contributed by atoms with E-state index < -0.39 is 8.07 Å². The number of anilines is 2. The molecule has 0 spiro atoms. The van der Waals surface area contributed by atoms with E-state index in [0.717, 1.165) is 33.6 Å². The van der Waals surface area contributed by atoms with Gasteiger partial charge >= 0.3 is 11.9 Å². The summed E-state index contributed by atoms with van der Waals surface area (Å²) in [6, 6.07) is 50.1. The van der Waals surface area contributed by atoms with E-state index in [0.29, 0.717) is 11.1 Å². The van der Waals surface area contributed by atoms with Crippen LogP contribution in [0, 0.1) is 0 Å². The predicted octanol–water partition coefficient (Wildman–Crippen LogP) is 6.03. The molecular formula is C40H31NO4Si. The SMILES string of the molecule is COC(=O)c1ccc(-c2ccc3c(c2)[Si](c2ccccc2)(c2ccccc2)c2cc(-c4ccc(C(=O)OC)cc4)ccc2N3)cc1. The van der Waals surface area contributed by atoms with Crippen molar-refractivity contribution in [3.8, 4) is 22.3 Å². The molecule has 0 saturated heterocycles. The third kappa shape index (κ3) is 4.89. The lowest BCUT2D eigenvalue weighted by atomic mass is 10.0. The molecule has 46 heavy (non-hydrogen) atoms. The Morgan fingerprint density at radius 1 is 0.478 bits per heavy atom. The first-order valence-electron chi connectivity index (χ1n) is 15.1. The Bertz CT molecular complexity index is 1910. The number of carbonyl (C=O) groups excluding carboxylic acids is 2. The van der Waals surface area contributed by atoms with Crippen LogP contribution in [0.3, 0.4) is 0 Å². The van der Waals surface area contributed by atoms with Gasteiger partial charge in [-0.2, -0.15) is 0 Å². The molecule has 0 aliphatic carbocycles. The molecule has 1 aliphatic heterocycles. The summed E-state index contributed by atoms with van der Waals surface area (Å²) >= 11 is 0. The quantitative estimate of drug-likeness (QED) is 0.183. The molecule has 0 atom stereocenters. The first-order chi connectivity index (χ1) is 22.5. The Morgan fingerprint density at radius 2 is 0.848 bits per heavy atom. The van der Waals surface area contributed by atoms with Gasteiger partial charge in [0.15, 0.2) is 8.07 Å². The summed E-state index contributed by atoms with van der Waals surface area (Å²) in [4.78, 5) is 24.2. The monoisotopic (exact) mass is 617 g/mol. The van der Waals surface area contributed by atoms with Gasteiger partial charge in [-0.1, -0.05) is 109 Å². The molecule has 0 radical (unpaired) electrons. The van der Waals surface area contributed by atoms with Gasteiger partial charge in [0.25, 0.3) is 0 Å². The highest BCUT2D eigenvalue weighted by molar-refractivity contribution is 7.21. The molecule has 6 heteroatoms. The molecule has 0 saturated carbocycles. The van der Waals surface area contributed by atoms with Crippen molar-refractivity contribution >= 4 is 52.1 Å². The van der Waals surface area contributed by atoms with E-state index in [9.17, 15) is 9.59 Å². The van der Waals surface area contributed by atoms with Gasteiger partial charge in [-0.15, -0.1) is 0 Å². The Labute approximate surface area is 269 Å². The summed E-state index contributed by atoms with van der Waals surface area (Å²) in [5.41, 5.74) is 7.37. The highest BCUT2D eigenvalue weighted by Crippen LogP contribution is 2.32. The summed E-state index contributed by atoms with van der Waals surface area (Å²) in [7, 11) is -0.0975. The molecule has 0 bridgehead atoms. The molecule has 224 valence electrons. The Kier molecular flexibility index (Phi) is 7.56. The molecule has 6 aromatic carbocycles. The third-order valence-corrected chi connectivity index (χ3v) is 13.7. The molecule has 5 nitrogen and oxygen atoms in total. The van der Waals surface area contributed by atoms with E-state index in [1.165, 1.54) is 35.0 Å². The summed E-state index contributed by atoms with van der Waals surface area (Å²) in [5.74, 6) is -0.707. The fourth-order valence-corrected chi connectivity index (χ4v) is 11.7. The number of hydrogen-bond donors (Lipinski definition) is 1. The number of esters is 2. The van der Waals surface area contributed by atoms with Gasteiger partial charge in [-0.25, -0.2) is 9.59 Å². The first-order valence-corrected chi connectivity index (χ1v) is 17.1. The number of rotatable bonds is 6. The second kappa shape index (κ2) is 12.0. The van der Waals surface area contributed by atoms with Crippen LogP contribution in [0.15, 0.2) is 146 Å². The molecule has 1 heterocycles. The van der Waals surface area contributed by atoms with Crippen LogP contribution in [0.4, 0.5) is 11.4 Å². The van der Waals surface area contributed by atoms with Gasteiger partial charge in [-0.3, -0.25) is 0 Å². The lowest BCUT2D eigenvalue weighted by molar-refractivity contribution is 0.0592. The van der Waals surface area contributed by atoms with Crippen LogP contribution in [0.5, 0.6) is 0 Å². The van der Waals surface area contributed by atoms with Crippen LogP contribution in [-0.2, 0) is 9.47 Å². The first kappa shape index (κ1) is 29.0. The zero-order chi connectivity index (χ0) is 31.7. The van der Waals surface area contributed by atoms with Gasteiger partial charge < -0.3 is 14.8 Å². The summed E-state index contributed by atoms with van der Waals surface area (Å²) in [6.45, 7) is 0. The Balaban J connectivity index is 1.47. The fourth-order valence-electron chi connectivity index (χ4n) is 6.57. The van der Waals surface area contributed by atoms with Gasteiger partial charge in [0.05, 0.1) is 25.3 Å². The van der Waals surface area contributed by atoms with Crippen molar-refractivity contribution < 1.29 is 19.1 Å². The molecule has 0 fully saturated rings. The predicted molar refractivity (Wildman–Crippen MR) is 187 cm³/mol. The minimum absolute atomic E-state index is 0.354. The lowest BCUT2D eigenvalue weighted by Crippen LogP contribution is -2.76. The van der Waals surface area contributed by atoms with Gasteiger partial charge in [-0.05, 0) is 79.4 Å². The summed E-state index contributed by atoms with van der Waals surface area (Å²) < 4.78 is 9.83. The van der Waals surface area contributed by atoms with Crippen molar-refractivity contribution in [1.29, 1.82) is 0 Å². The van der Waals surface area contributed by atoms with Crippen LogP contribution in [0.1, 0.15) is 20.7 Å². The van der Waals surface area contributed by atoms with Crippen molar-refractivity contribution in [1.82, 2.24) is 0 Å². The Hall–Kier alpha value is -5.72. The maximum absolute atomic E-state index is 12.1. The smallest absolute Gasteiger partial charge is 0.337 e. The van der Waals surface area contributed by atoms with Crippen molar-refractivity contribution in [2.24, 2.45) is 0 Å². The standard InChI is InChI=1S/C40H31NO4Si/c1-44-39(42)29-17-13-27(14-18-29)31-21-23-35-37(25-31)46(33-9-5-3-6-10-33,34-11-7-4-8-12-34)38-26-32(22-24-36(38)41-35)28-15-19-30(20-16-28)40(43)45-2/h3-26,41H,1-2H3. The average Bonchev–Trinajstić information content (AvgIpc) is 3.13. The van der Waals surface area contributed by atoms with E-state index in [2.05, 4.69) is 102 Å². The van der Waals surface area contributed by atoms with E-state index in [-0.39, 0.29) is 11.9 Å². The topological polar surface area (TPSA) is 64.6 Å². The number of benzene rings is 6. The zero-order valence-corrected chi connectivity index (χ0v) is 26.5. The molecule has 7 rings (SSSR count). The normalized spacial score (nSPS) is 12.7. The number of nitrogens with one attached hydrogen (secondary N) is 1. The highest BCUT2D eigenvalue weighted by atomic mass is 28.3. The zero-order valence-electron chi connectivity index (χ0n) is 25.5. The van der Waals surface area contributed by atoms with Crippen molar-refractivity contribution in [2.45, 2.75) is 0 Å². The minimum Gasteiger partial charge on any atom is -0.465 e. The second-order valence-corrected chi connectivity index (χ2v) is 15.0. The fraction of sp³-hybridized carbons (Fsp3) is 0.0500. The van der Waals surface area contributed by atoms with Crippen LogP contribution >= 0.6 is 0 Å². The summed E-state index contributed by atoms with van der Waals surface area (Å²) in [6.07, 6.45) is 0. The minimum atomic E-state index is -2.88. The molecule has 0 aromatic heterocycles. The second-order valence-electron chi connectivity index (χ2n) is 11.3. The highest BCUT2D eigenvalue weighted by Gasteiger charge is 2.47. The molecule has 0 amide bonds. The molecule has 1 N–H and O–H groups in total. The third-order valence-electron chi connectivity index (χ3n) is 8.81. The average molecular weight is 618 g/mol. The van der Waals surface area contributed by atoms with E-state index >= 15 is 0 Å². The maximum Gasteiger partial charge on any atom is 0.337 e. The van der Waals surface area contributed by atoms with Crippen molar-refractivity contribution in [3.05, 3.63) is 157 Å². The van der Waals surface area contributed by atoms with E-state index in [1.54, 1.807) is 0 Å². The molecular weight excluding hydrogens is 587 g/mol. The number of hydrogen-bond acceptors (Lipinski definition) is 5. The number of fused-ring (bicyclic) bond motifs is 2. The van der Waals surface area contributed by atoms with Crippen LogP contribution in [-0.4, -0.2) is 34.2 Å². The number of carbonyl (C=O) groups is 2. The van der Waals surface area contributed by atoms with Gasteiger partial charge in [0.1, 0.15) is 0 Å². The summed E-state index contributed by atoms with van der Waals surface area (Å²) in [5, 5.41) is 8.84. The largest absolute Gasteiger partial charge is 0.465 e. The van der Waals surface area contributed by atoms with Crippen LogP contribution < -0.4 is 26.1 Å². The lowest BCUT2D eigenvalue weighted by Gasteiger charge is -2.41. The van der Waals surface area contributed by atoms with Crippen molar-refractivity contribution in [3.63, 3.8) is 0 Å². The molecule has 1 aliphatic rings. The Morgan fingerprint density at radius 3 is 1.22 bits per heavy atom. The van der Waals surface area contributed by atoms with Gasteiger partial charge in [0, 0.05) is 11.4 Å². The molecule has 6 aromatic rings. The van der Waals surface area contributed by atoms with Crippen LogP contribution in [0.2, 0.25) is 0 Å². The van der Waals surface area contributed by atoms with E-state index in [1.807, 2.05) is 48.5 Å².